The lowest BCUT2D eigenvalue weighted by molar-refractivity contribution is 1.59. The van der Waals surface area contributed by atoms with Crippen LogP contribution in [0, 0.1) is 0 Å². The Kier molecular flexibility index (Phi) is 4.18. The third-order valence-corrected chi connectivity index (χ3v) is 6.01. The van der Waals surface area contributed by atoms with Crippen LogP contribution in [0.2, 0.25) is 0 Å². The Labute approximate surface area is 181 Å². The van der Waals surface area contributed by atoms with E-state index in [1.54, 1.807) is 0 Å². The number of para-hydroxylation sites is 1. The minimum absolute atomic E-state index is 1.09. The Morgan fingerprint density at radius 3 is 1.65 bits per heavy atom. The lowest BCUT2D eigenvalue weighted by Crippen LogP contribution is -1.95. The zero-order valence-electron chi connectivity index (χ0n) is 17.0. The second-order valence-corrected chi connectivity index (χ2v) is 7.89. The van der Waals surface area contributed by atoms with E-state index < -0.39 is 0 Å². The molecule has 0 radical (unpaired) electrons. The van der Waals surface area contributed by atoms with Crippen molar-refractivity contribution in [1.29, 1.82) is 0 Å². The van der Waals surface area contributed by atoms with E-state index in [-0.39, 0.29) is 0 Å². The molecule has 0 aromatic heterocycles. The van der Waals surface area contributed by atoms with E-state index in [0.29, 0.717) is 0 Å². The van der Waals surface area contributed by atoms with Crippen molar-refractivity contribution in [3.8, 4) is 11.1 Å². The van der Waals surface area contributed by atoms with Crippen molar-refractivity contribution in [3.05, 3.63) is 121 Å². The molecule has 0 heterocycles. The summed E-state index contributed by atoms with van der Waals surface area (Å²) in [6.45, 7) is 0. The third-order valence-electron chi connectivity index (χ3n) is 6.01. The van der Waals surface area contributed by atoms with E-state index in [9.17, 15) is 0 Å². The quantitative estimate of drug-likeness (QED) is 0.296. The highest BCUT2D eigenvalue weighted by Gasteiger charge is 2.15. The summed E-state index contributed by atoms with van der Waals surface area (Å²) in [5.41, 5.74) is 4.78. The number of hydrogen-bond acceptors (Lipinski definition) is 1. The fourth-order valence-electron chi connectivity index (χ4n) is 4.58. The molecule has 0 aliphatic heterocycles. The normalized spacial score (nSPS) is 11.2. The van der Waals surface area contributed by atoms with Crippen LogP contribution >= 0.6 is 0 Å². The van der Waals surface area contributed by atoms with Crippen LogP contribution < -0.4 is 5.32 Å². The molecular weight excluding hydrogens is 374 g/mol. The minimum atomic E-state index is 1.09. The monoisotopic (exact) mass is 395 g/mol. The molecule has 0 unspecified atom stereocenters. The Morgan fingerprint density at radius 2 is 0.968 bits per heavy atom. The zero-order chi connectivity index (χ0) is 20.6. The third kappa shape index (κ3) is 3.03. The average molecular weight is 396 g/mol. The van der Waals surface area contributed by atoms with Crippen molar-refractivity contribution in [1.82, 2.24) is 0 Å². The first-order valence-electron chi connectivity index (χ1n) is 10.6. The maximum absolute atomic E-state index is 3.70. The first-order valence-corrected chi connectivity index (χ1v) is 10.6. The van der Waals surface area contributed by atoms with Gasteiger partial charge in [-0.2, -0.15) is 0 Å². The van der Waals surface area contributed by atoms with Crippen LogP contribution in [0.1, 0.15) is 0 Å². The second-order valence-electron chi connectivity index (χ2n) is 7.89. The molecule has 0 fully saturated rings. The van der Waals surface area contributed by atoms with Gasteiger partial charge in [-0.3, -0.25) is 0 Å². The van der Waals surface area contributed by atoms with Gasteiger partial charge < -0.3 is 5.32 Å². The summed E-state index contributed by atoms with van der Waals surface area (Å²) in [6.07, 6.45) is 0. The van der Waals surface area contributed by atoms with E-state index in [4.69, 9.17) is 0 Å². The Hall–Kier alpha value is -4.10. The van der Waals surface area contributed by atoms with Gasteiger partial charge in [-0.05, 0) is 50.9 Å². The van der Waals surface area contributed by atoms with Gasteiger partial charge in [-0.15, -0.1) is 0 Å². The van der Waals surface area contributed by atoms with Crippen molar-refractivity contribution >= 4 is 43.7 Å². The fourth-order valence-corrected chi connectivity index (χ4v) is 4.58. The van der Waals surface area contributed by atoms with Crippen molar-refractivity contribution in [2.75, 3.05) is 5.32 Å². The number of nitrogens with one attached hydrogen (secondary N) is 1. The fraction of sp³-hybridized carbons (Fsp3) is 0. The average Bonchev–Trinajstić information content (AvgIpc) is 2.84. The molecule has 0 saturated carbocycles. The Morgan fingerprint density at radius 1 is 0.419 bits per heavy atom. The van der Waals surface area contributed by atoms with Crippen LogP contribution in [0.3, 0.4) is 0 Å². The second kappa shape index (κ2) is 7.30. The Balaban J connectivity index is 1.69. The molecule has 0 aliphatic carbocycles. The molecule has 1 heteroatoms. The van der Waals surface area contributed by atoms with Gasteiger partial charge in [-0.1, -0.05) is 103 Å². The minimum Gasteiger partial charge on any atom is -0.355 e. The van der Waals surface area contributed by atoms with Gasteiger partial charge in [0.1, 0.15) is 0 Å². The van der Waals surface area contributed by atoms with Gasteiger partial charge in [0.15, 0.2) is 0 Å². The van der Waals surface area contributed by atoms with E-state index >= 15 is 0 Å². The van der Waals surface area contributed by atoms with Crippen LogP contribution in [0.15, 0.2) is 121 Å². The highest BCUT2D eigenvalue weighted by Crippen LogP contribution is 2.43. The summed E-state index contributed by atoms with van der Waals surface area (Å²) in [6, 6.07) is 43.2. The van der Waals surface area contributed by atoms with E-state index in [1.807, 2.05) is 6.07 Å². The van der Waals surface area contributed by atoms with Gasteiger partial charge in [0.25, 0.3) is 0 Å². The van der Waals surface area contributed by atoms with Gasteiger partial charge in [0.05, 0.1) is 5.69 Å². The van der Waals surface area contributed by atoms with E-state index in [0.717, 1.165) is 11.4 Å². The molecule has 146 valence electrons. The highest BCUT2D eigenvalue weighted by atomic mass is 14.9. The summed E-state index contributed by atoms with van der Waals surface area (Å²) in [4.78, 5) is 0. The van der Waals surface area contributed by atoms with Crippen LogP contribution in [-0.4, -0.2) is 0 Å². The lowest BCUT2D eigenvalue weighted by Gasteiger charge is -2.18. The van der Waals surface area contributed by atoms with Crippen LogP contribution in [0.5, 0.6) is 0 Å². The number of rotatable bonds is 3. The van der Waals surface area contributed by atoms with Crippen LogP contribution in [0.4, 0.5) is 11.4 Å². The summed E-state index contributed by atoms with van der Waals surface area (Å²) in [7, 11) is 0. The van der Waals surface area contributed by atoms with E-state index in [1.165, 1.54) is 43.4 Å². The standard InChI is InChI=1S/C30H21N/c1-2-12-24(13-3-1)31-30-27-16-8-6-14-25(27)29(26-15-7-9-17-28(26)30)23-19-18-21-10-4-5-11-22(21)20-23/h1-20,31H. The molecule has 6 aromatic carbocycles. The molecule has 1 nitrogen and oxygen atoms in total. The van der Waals surface area contributed by atoms with Crippen LogP contribution in [0.25, 0.3) is 43.4 Å². The maximum atomic E-state index is 3.70. The molecule has 6 rings (SSSR count). The largest absolute Gasteiger partial charge is 0.355 e. The van der Waals surface area contributed by atoms with Crippen LogP contribution in [-0.2, 0) is 0 Å². The Bertz CT molecular complexity index is 1490. The SMILES string of the molecule is c1ccc(Nc2c3ccccc3c(-c3ccc4ccccc4c3)c3ccccc23)cc1. The molecule has 0 atom stereocenters. The summed E-state index contributed by atoms with van der Waals surface area (Å²) < 4.78 is 0. The molecule has 31 heavy (non-hydrogen) atoms. The van der Waals surface area contributed by atoms with Crippen molar-refractivity contribution in [2.24, 2.45) is 0 Å². The van der Waals surface area contributed by atoms with Crippen molar-refractivity contribution in [2.45, 2.75) is 0 Å². The molecule has 1 N–H and O–H groups in total. The topological polar surface area (TPSA) is 12.0 Å². The van der Waals surface area contributed by atoms with Gasteiger partial charge in [-0.25, -0.2) is 0 Å². The number of fused-ring (bicyclic) bond motifs is 3. The molecule has 6 aromatic rings. The zero-order valence-corrected chi connectivity index (χ0v) is 17.0. The molecule has 0 saturated heterocycles. The van der Waals surface area contributed by atoms with Gasteiger partial charge >= 0.3 is 0 Å². The number of hydrogen-bond donors (Lipinski definition) is 1. The smallest absolute Gasteiger partial charge is 0.0544 e. The number of anilines is 2. The van der Waals surface area contributed by atoms with Crippen molar-refractivity contribution < 1.29 is 0 Å². The molecular formula is C30H21N. The summed E-state index contributed by atoms with van der Waals surface area (Å²) >= 11 is 0. The van der Waals surface area contributed by atoms with E-state index in [2.05, 4.69) is 121 Å². The molecule has 0 bridgehead atoms. The van der Waals surface area contributed by atoms with Gasteiger partial charge in [0.2, 0.25) is 0 Å². The van der Waals surface area contributed by atoms with Crippen molar-refractivity contribution in [3.63, 3.8) is 0 Å². The lowest BCUT2D eigenvalue weighted by atomic mass is 9.89. The predicted molar refractivity (Wildman–Crippen MR) is 134 cm³/mol. The molecule has 0 amide bonds. The van der Waals surface area contributed by atoms with Gasteiger partial charge in [0, 0.05) is 16.5 Å². The maximum Gasteiger partial charge on any atom is 0.0544 e. The molecule has 0 spiro atoms. The summed E-state index contributed by atoms with van der Waals surface area (Å²) in [5.74, 6) is 0. The first kappa shape index (κ1) is 17.7. The number of benzene rings is 6. The first-order chi connectivity index (χ1) is 15.4. The summed E-state index contributed by atoms with van der Waals surface area (Å²) in [5, 5.41) is 11.2. The molecule has 0 aliphatic rings. The highest BCUT2D eigenvalue weighted by molar-refractivity contribution is 6.21. The predicted octanol–water partition coefficient (Wildman–Crippen LogP) is 8.56.